The molecule has 1 aliphatic heterocycles. The van der Waals surface area contributed by atoms with Crippen molar-refractivity contribution in [1.29, 1.82) is 0 Å². The number of rotatable bonds is 4. The summed E-state index contributed by atoms with van der Waals surface area (Å²) in [6.07, 6.45) is 8.61. The van der Waals surface area contributed by atoms with Crippen LogP contribution in [-0.4, -0.2) is 35.1 Å². The van der Waals surface area contributed by atoms with Gasteiger partial charge >= 0.3 is 0 Å². The van der Waals surface area contributed by atoms with Crippen molar-refractivity contribution in [3.63, 3.8) is 0 Å². The number of hydrogen-bond donors (Lipinski definition) is 1. The Kier molecular flexibility index (Phi) is 5.48. The maximum atomic E-state index is 4.44. The van der Waals surface area contributed by atoms with Crippen LogP contribution in [-0.2, 0) is 6.54 Å². The van der Waals surface area contributed by atoms with Gasteiger partial charge in [-0.2, -0.15) is 0 Å². The SMILES string of the molecule is C[C@@H]1CC[C@H](NC2CCN(Cc3ccccn3)CC2)C[C@@H]1C. The van der Waals surface area contributed by atoms with Crippen LogP contribution in [0.2, 0.25) is 0 Å². The van der Waals surface area contributed by atoms with Gasteiger partial charge in [-0.3, -0.25) is 9.88 Å². The first-order valence-electron chi connectivity index (χ1n) is 9.09. The predicted octanol–water partition coefficient (Wildman–Crippen LogP) is 3.46. The normalized spacial score (nSPS) is 31.3. The predicted molar refractivity (Wildman–Crippen MR) is 91.6 cm³/mol. The van der Waals surface area contributed by atoms with Crippen molar-refractivity contribution < 1.29 is 0 Å². The van der Waals surface area contributed by atoms with Crippen molar-refractivity contribution >= 4 is 0 Å². The Morgan fingerprint density at radius 1 is 1.05 bits per heavy atom. The van der Waals surface area contributed by atoms with E-state index in [2.05, 4.69) is 41.2 Å². The fraction of sp³-hybridized carbons (Fsp3) is 0.737. The lowest BCUT2D eigenvalue weighted by atomic mass is 9.79. The second-order valence-corrected chi connectivity index (χ2v) is 7.50. The summed E-state index contributed by atoms with van der Waals surface area (Å²) in [5, 5.41) is 3.95. The molecule has 2 heterocycles. The van der Waals surface area contributed by atoms with Crippen molar-refractivity contribution in [2.75, 3.05) is 13.1 Å². The van der Waals surface area contributed by atoms with Crippen molar-refractivity contribution in [2.45, 2.75) is 64.6 Å². The molecule has 0 bridgehead atoms. The highest BCUT2D eigenvalue weighted by molar-refractivity contribution is 5.03. The average Bonchev–Trinajstić information content (AvgIpc) is 2.54. The Morgan fingerprint density at radius 3 is 2.55 bits per heavy atom. The molecule has 1 saturated heterocycles. The summed E-state index contributed by atoms with van der Waals surface area (Å²) in [6.45, 7) is 8.25. The van der Waals surface area contributed by atoms with Crippen LogP contribution >= 0.6 is 0 Å². The summed E-state index contributed by atoms with van der Waals surface area (Å²) < 4.78 is 0. The molecule has 1 N–H and O–H groups in total. The molecule has 3 rings (SSSR count). The molecule has 0 spiro atoms. The maximum absolute atomic E-state index is 4.44. The second kappa shape index (κ2) is 7.56. The number of likely N-dealkylation sites (tertiary alicyclic amines) is 1. The summed E-state index contributed by atoms with van der Waals surface area (Å²) in [5.74, 6) is 1.80. The zero-order valence-electron chi connectivity index (χ0n) is 14.2. The van der Waals surface area contributed by atoms with Crippen LogP contribution in [0.3, 0.4) is 0 Å². The van der Waals surface area contributed by atoms with E-state index in [0.29, 0.717) is 0 Å². The third kappa shape index (κ3) is 4.30. The molecule has 0 unspecified atom stereocenters. The Bertz CT molecular complexity index is 439. The third-order valence-electron chi connectivity index (χ3n) is 5.77. The van der Waals surface area contributed by atoms with E-state index < -0.39 is 0 Å². The van der Waals surface area contributed by atoms with E-state index in [4.69, 9.17) is 0 Å². The van der Waals surface area contributed by atoms with E-state index in [0.717, 1.165) is 30.5 Å². The number of pyridine rings is 1. The first-order chi connectivity index (χ1) is 10.7. The summed E-state index contributed by atoms with van der Waals surface area (Å²) in [7, 11) is 0. The number of aromatic nitrogens is 1. The topological polar surface area (TPSA) is 28.2 Å². The lowest BCUT2D eigenvalue weighted by molar-refractivity contribution is 0.159. The standard InChI is InChI=1S/C19H31N3/c1-15-6-7-18(13-16(15)2)21-17-8-11-22(12-9-17)14-19-5-3-4-10-20-19/h3-5,10,15-18,21H,6-9,11-14H2,1-2H3/t15-,16+,18+/m1/s1. The Balaban J connectivity index is 1.40. The number of hydrogen-bond acceptors (Lipinski definition) is 3. The van der Waals surface area contributed by atoms with Gasteiger partial charge in [0.15, 0.2) is 0 Å². The van der Waals surface area contributed by atoms with Gasteiger partial charge in [-0.1, -0.05) is 19.9 Å². The highest BCUT2D eigenvalue weighted by Crippen LogP contribution is 2.30. The van der Waals surface area contributed by atoms with E-state index >= 15 is 0 Å². The van der Waals surface area contributed by atoms with E-state index in [1.807, 2.05) is 12.3 Å². The van der Waals surface area contributed by atoms with Gasteiger partial charge in [0.1, 0.15) is 0 Å². The monoisotopic (exact) mass is 301 g/mol. The van der Waals surface area contributed by atoms with E-state index in [-0.39, 0.29) is 0 Å². The summed E-state index contributed by atoms with van der Waals surface area (Å²) in [5.41, 5.74) is 1.20. The van der Waals surface area contributed by atoms with Crippen molar-refractivity contribution in [1.82, 2.24) is 15.2 Å². The van der Waals surface area contributed by atoms with Gasteiger partial charge in [-0.15, -0.1) is 0 Å². The van der Waals surface area contributed by atoms with Crippen molar-refractivity contribution in [3.8, 4) is 0 Å². The Morgan fingerprint density at radius 2 is 1.86 bits per heavy atom. The van der Waals surface area contributed by atoms with Crippen LogP contribution < -0.4 is 5.32 Å². The van der Waals surface area contributed by atoms with E-state index in [1.165, 1.54) is 50.9 Å². The van der Waals surface area contributed by atoms with Gasteiger partial charge in [0.05, 0.1) is 5.69 Å². The van der Waals surface area contributed by atoms with Crippen molar-refractivity contribution in [3.05, 3.63) is 30.1 Å². The number of nitrogens with zero attached hydrogens (tertiary/aromatic N) is 2. The average molecular weight is 301 g/mol. The molecule has 3 atom stereocenters. The molecule has 1 aromatic heterocycles. The summed E-state index contributed by atoms with van der Waals surface area (Å²) >= 11 is 0. The van der Waals surface area contributed by atoms with Gasteiger partial charge < -0.3 is 5.32 Å². The van der Waals surface area contributed by atoms with Crippen LogP contribution in [0, 0.1) is 11.8 Å². The molecular weight excluding hydrogens is 270 g/mol. The molecule has 3 nitrogen and oxygen atoms in total. The van der Waals surface area contributed by atoms with Gasteiger partial charge in [-0.25, -0.2) is 0 Å². The van der Waals surface area contributed by atoms with Gasteiger partial charge in [-0.05, 0) is 56.1 Å². The molecule has 2 aliphatic rings. The van der Waals surface area contributed by atoms with Gasteiger partial charge in [0, 0.05) is 37.9 Å². The minimum atomic E-state index is 0.727. The first kappa shape index (κ1) is 15.9. The molecule has 0 amide bonds. The smallest absolute Gasteiger partial charge is 0.0543 e. The highest BCUT2D eigenvalue weighted by atomic mass is 15.1. The highest BCUT2D eigenvalue weighted by Gasteiger charge is 2.27. The minimum absolute atomic E-state index is 0.727. The molecule has 3 heteroatoms. The molecule has 2 fully saturated rings. The molecule has 122 valence electrons. The molecule has 0 aromatic carbocycles. The van der Waals surface area contributed by atoms with E-state index in [1.54, 1.807) is 0 Å². The fourth-order valence-electron chi connectivity index (χ4n) is 4.01. The van der Waals surface area contributed by atoms with Crippen LogP contribution in [0.25, 0.3) is 0 Å². The van der Waals surface area contributed by atoms with Crippen molar-refractivity contribution in [2.24, 2.45) is 11.8 Å². The molecule has 1 aliphatic carbocycles. The molecule has 22 heavy (non-hydrogen) atoms. The zero-order chi connectivity index (χ0) is 15.4. The second-order valence-electron chi connectivity index (χ2n) is 7.50. The van der Waals surface area contributed by atoms with Gasteiger partial charge in [0.2, 0.25) is 0 Å². The lowest BCUT2D eigenvalue weighted by Gasteiger charge is -2.38. The van der Waals surface area contributed by atoms with Gasteiger partial charge in [0.25, 0.3) is 0 Å². The number of nitrogens with one attached hydrogen (secondary N) is 1. The zero-order valence-corrected chi connectivity index (χ0v) is 14.2. The van der Waals surface area contributed by atoms with Crippen LogP contribution in [0.15, 0.2) is 24.4 Å². The molecule has 0 radical (unpaired) electrons. The lowest BCUT2D eigenvalue weighted by Crippen LogP contribution is -2.47. The van der Waals surface area contributed by atoms with Crippen LogP contribution in [0.5, 0.6) is 0 Å². The minimum Gasteiger partial charge on any atom is -0.311 e. The van der Waals surface area contributed by atoms with E-state index in [9.17, 15) is 0 Å². The summed E-state index contributed by atoms with van der Waals surface area (Å²) in [4.78, 5) is 6.99. The largest absolute Gasteiger partial charge is 0.311 e. The van der Waals surface area contributed by atoms with Crippen LogP contribution in [0.1, 0.15) is 51.6 Å². The fourth-order valence-corrected chi connectivity index (χ4v) is 4.01. The Hall–Kier alpha value is -0.930. The Labute approximate surface area is 135 Å². The first-order valence-corrected chi connectivity index (χ1v) is 9.09. The quantitative estimate of drug-likeness (QED) is 0.923. The number of piperidine rings is 1. The van der Waals surface area contributed by atoms with Crippen LogP contribution in [0.4, 0.5) is 0 Å². The molecule has 1 aromatic rings. The molecular formula is C19H31N3. The third-order valence-corrected chi connectivity index (χ3v) is 5.77. The molecule has 1 saturated carbocycles. The maximum Gasteiger partial charge on any atom is 0.0543 e. The summed E-state index contributed by atoms with van der Waals surface area (Å²) in [6, 6.07) is 7.70.